The smallest absolute Gasteiger partial charge is 0.243 e. The summed E-state index contributed by atoms with van der Waals surface area (Å²) in [5.74, 6) is 0.544. The molecule has 1 unspecified atom stereocenters. The summed E-state index contributed by atoms with van der Waals surface area (Å²) in [6.45, 7) is 5.01. The van der Waals surface area contributed by atoms with Crippen molar-refractivity contribution in [1.29, 1.82) is 0 Å². The lowest BCUT2D eigenvalue weighted by atomic mass is 10.2. The lowest BCUT2D eigenvalue weighted by Crippen LogP contribution is -2.49. The number of piperazine rings is 1. The van der Waals surface area contributed by atoms with Crippen LogP contribution in [-0.4, -0.2) is 83.1 Å². The summed E-state index contributed by atoms with van der Waals surface area (Å²) in [4.78, 5) is 2.69. The number of hydrogen-bond acceptors (Lipinski definition) is 7. The third-order valence-corrected chi connectivity index (χ3v) is 7.01. The number of nitrogens with one attached hydrogen (secondary N) is 1. The van der Waals surface area contributed by atoms with Crippen LogP contribution in [0.4, 0.5) is 0 Å². The fraction of sp³-hybridized carbons (Fsp3) is 0.562. The Hall–Kier alpha value is -1.59. The molecule has 0 radical (unpaired) electrons. The van der Waals surface area contributed by atoms with Gasteiger partial charge in [-0.2, -0.15) is 4.31 Å². The van der Waals surface area contributed by atoms with Gasteiger partial charge in [0.15, 0.2) is 5.82 Å². The average molecular weight is 414 g/mol. The van der Waals surface area contributed by atoms with Crippen LogP contribution in [0.5, 0.6) is 0 Å². The molecule has 27 heavy (non-hydrogen) atoms. The predicted octanol–water partition coefficient (Wildman–Crippen LogP) is -0.0329. The first-order valence-electron chi connectivity index (χ1n) is 8.83. The summed E-state index contributed by atoms with van der Waals surface area (Å²) in [6.07, 6.45) is 0.881. The SMILES string of the molecule is Cl.Cn1nnnc1-c1cccc(S(=O)(=O)N2CCC(N3CCNCC3)C2)c1. The lowest BCUT2D eigenvalue weighted by molar-refractivity contribution is 0.179. The zero-order valence-corrected chi connectivity index (χ0v) is 16.8. The molecule has 3 heterocycles. The van der Waals surface area contributed by atoms with E-state index < -0.39 is 10.0 Å². The molecule has 2 aromatic rings. The van der Waals surface area contributed by atoms with Crippen molar-refractivity contribution in [2.75, 3.05) is 39.3 Å². The van der Waals surface area contributed by atoms with Crippen LogP contribution in [0, 0.1) is 0 Å². The highest BCUT2D eigenvalue weighted by atomic mass is 35.5. The first kappa shape index (κ1) is 20.2. The van der Waals surface area contributed by atoms with E-state index in [9.17, 15) is 8.42 Å². The van der Waals surface area contributed by atoms with Crippen molar-refractivity contribution in [3.63, 3.8) is 0 Å². The topological polar surface area (TPSA) is 96.2 Å². The predicted molar refractivity (Wildman–Crippen MR) is 103 cm³/mol. The van der Waals surface area contributed by atoms with E-state index in [-0.39, 0.29) is 12.4 Å². The third-order valence-electron chi connectivity index (χ3n) is 5.14. The van der Waals surface area contributed by atoms with E-state index in [0.29, 0.717) is 35.4 Å². The van der Waals surface area contributed by atoms with Crippen molar-refractivity contribution in [2.24, 2.45) is 7.05 Å². The number of tetrazole rings is 1. The van der Waals surface area contributed by atoms with Gasteiger partial charge in [-0.25, -0.2) is 13.1 Å². The standard InChI is InChI=1S/C16H23N7O2S.ClH/c1-21-16(18-19-20-21)13-3-2-4-15(11-13)26(24,25)23-8-5-14(12-23)22-9-6-17-7-10-22;/h2-4,11,14,17H,5-10,12H2,1H3;1H. The number of sulfonamides is 1. The molecule has 1 aromatic heterocycles. The first-order valence-corrected chi connectivity index (χ1v) is 10.3. The van der Waals surface area contributed by atoms with Gasteiger partial charge in [-0.05, 0) is 29.0 Å². The molecule has 0 saturated carbocycles. The van der Waals surface area contributed by atoms with Crippen LogP contribution in [0.3, 0.4) is 0 Å². The van der Waals surface area contributed by atoms with Gasteiger partial charge in [0.05, 0.1) is 4.90 Å². The maximum Gasteiger partial charge on any atom is 0.243 e. The van der Waals surface area contributed by atoms with Gasteiger partial charge in [0.25, 0.3) is 0 Å². The molecule has 148 valence electrons. The second-order valence-electron chi connectivity index (χ2n) is 6.75. The molecule has 11 heteroatoms. The van der Waals surface area contributed by atoms with Gasteiger partial charge >= 0.3 is 0 Å². The normalized spacial score (nSPS) is 21.9. The van der Waals surface area contributed by atoms with Gasteiger partial charge in [-0.15, -0.1) is 17.5 Å². The van der Waals surface area contributed by atoms with Crippen LogP contribution in [0.1, 0.15) is 6.42 Å². The fourth-order valence-electron chi connectivity index (χ4n) is 3.69. The largest absolute Gasteiger partial charge is 0.314 e. The molecule has 2 aliphatic heterocycles. The molecule has 1 N–H and O–H groups in total. The summed E-state index contributed by atoms with van der Waals surface area (Å²) < 4.78 is 29.3. The molecular formula is C16H24ClN7O2S. The number of aromatic nitrogens is 4. The maximum absolute atomic E-state index is 13.1. The minimum atomic E-state index is -3.52. The summed E-state index contributed by atoms with van der Waals surface area (Å²) in [5, 5.41) is 14.7. The Balaban J connectivity index is 0.00000210. The van der Waals surface area contributed by atoms with Crippen molar-refractivity contribution in [3.05, 3.63) is 24.3 Å². The van der Waals surface area contributed by atoms with Crippen LogP contribution >= 0.6 is 12.4 Å². The van der Waals surface area contributed by atoms with Crippen molar-refractivity contribution < 1.29 is 8.42 Å². The van der Waals surface area contributed by atoms with E-state index in [4.69, 9.17) is 0 Å². The number of nitrogens with zero attached hydrogens (tertiary/aromatic N) is 6. The lowest BCUT2D eigenvalue weighted by Gasteiger charge is -2.32. The van der Waals surface area contributed by atoms with E-state index in [0.717, 1.165) is 32.6 Å². The Labute approximate surface area is 165 Å². The fourth-order valence-corrected chi connectivity index (χ4v) is 5.23. The molecule has 2 fully saturated rings. The molecule has 9 nitrogen and oxygen atoms in total. The summed E-state index contributed by atoms with van der Waals surface area (Å²) in [6, 6.07) is 7.15. The molecule has 2 aliphatic rings. The zero-order chi connectivity index (χ0) is 18.1. The highest BCUT2D eigenvalue weighted by Gasteiger charge is 2.35. The quantitative estimate of drug-likeness (QED) is 0.751. The van der Waals surface area contributed by atoms with Gasteiger partial charge in [0.2, 0.25) is 10.0 Å². The summed E-state index contributed by atoms with van der Waals surface area (Å²) in [7, 11) is -1.79. The van der Waals surface area contributed by atoms with Gasteiger partial charge in [-0.3, -0.25) is 4.90 Å². The second-order valence-corrected chi connectivity index (χ2v) is 8.68. The van der Waals surface area contributed by atoms with Gasteiger partial charge < -0.3 is 5.32 Å². The molecular weight excluding hydrogens is 390 g/mol. The maximum atomic E-state index is 13.1. The highest BCUT2D eigenvalue weighted by molar-refractivity contribution is 7.89. The Bertz CT molecular complexity index is 882. The van der Waals surface area contributed by atoms with E-state index >= 15 is 0 Å². The highest BCUT2D eigenvalue weighted by Crippen LogP contribution is 2.26. The van der Waals surface area contributed by atoms with E-state index in [2.05, 4.69) is 25.7 Å². The molecule has 1 aromatic carbocycles. The number of rotatable bonds is 4. The van der Waals surface area contributed by atoms with Crippen LogP contribution in [0.25, 0.3) is 11.4 Å². The Kier molecular flexibility index (Phi) is 6.11. The van der Waals surface area contributed by atoms with E-state index in [1.807, 2.05) is 6.07 Å². The molecule has 4 rings (SSSR count). The van der Waals surface area contributed by atoms with E-state index in [1.165, 1.54) is 4.68 Å². The first-order chi connectivity index (χ1) is 12.6. The molecule has 2 saturated heterocycles. The van der Waals surface area contributed by atoms with Gasteiger partial charge in [0.1, 0.15) is 0 Å². The van der Waals surface area contributed by atoms with Crippen molar-refractivity contribution in [1.82, 2.24) is 34.7 Å². The van der Waals surface area contributed by atoms with E-state index in [1.54, 1.807) is 29.6 Å². The van der Waals surface area contributed by atoms with Crippen molar-refractivity contribution in [2.45, 2.75) is 17.4 Å². The van der Waals surface area contributed by atoms with Crippen LogP contribution in [-0.2, 0) is 17.1 Å². The van der Waals surface area contributed by atoms with Gasteiger partial charge in [0, 0.05) is 57.9 Å². The van der Waals surface area contributed by atoms with Crippen LogP contribution in [0.15, 0.2) is 29.2 Å². The third kappa shape index (κ3) is 3.99. The van der Waals surface area contributed by atoms with Crippen LogP contribution in [0.2, 0.25) is 0 Å². The summed E-state index contributed by atoms with van der Waals surface area (Å²) in [5.41, 5.74) is 0.691. The van der Waals surface area contributed by atoms with Crippen molar-refractivity contribution in [3.8, 4) is 11.4 Å². The monoisotopic (exact) mass is 413 g/mol. The molecule has 0 aliphatic carbocycles. The molecule has 1 atom stereocenters. The Morgan fingerprint density at radius 3 is 2.67 bits per heavy atom. The van der Waals surface area contributed by atoms with Crippen LogP contribution < -0.4 is 5.32 Å². The zero-order valence-electron chi connectivity index (χ0n) is 15.2. The number of hydrogen-bond donors (Lipinski definition) is 1. The Morgan fingerprint density at radius 2 is 1.96 bits per heavy atom. The summed E-state index contributed by atoms with van der Waals surface area (Å²) >= 11 is 0. The minimum absolute atomic E-state index is 0. The second kappa shape index (κ2) is 8.19. The number of aryl methyl sites for hydroxylation is 1. The van der Waals surface area contributed by atoms with Crippen molar-refractivity contribution >= 4 is 22.4 Å². The van der Waals surface area contributed by atoms with Gasteiger partial charge in [-0.1, -0.05) is 12.1 Å². The minimum Gasteiger partial charge on any atom is -0.314 e. The number of benzene rings is 1. The number of halogens is 1. The Morgan fingerprint density at radius 1 is 1.19 bits per heavy atom. The molecule has 0 bridgehead atoms. The average Bonchev–Trinajstić information content (AvgIpc) is 3.32. The molecule has 0 amide bonds. The molecule has 0 spiro atoms.